The minimum absolute atomic E-state index is 0. The van der Waals surface area contributed by atoms with Gasteiger partial charge < -0.3 is 10.6 Å². The molecule has 0 aromatic heterocycles. The summed E-state index contributed by atoms with van der Waals surface area (Å²) in [4.78, 5) is 14.0. The largest absolute Gasteiger partial charge is 0.344 e. The summed E-state index contributed by atoms with van der Waals surface area (Å²) in [6.45, 7) is 0.914. The van der Waals surface area contributed by atoms with Crippen molar-refractivity contribution in [3.05, 3.63) is 0 Å². The van der Waals surface area contributed by atoms with Crippen LogP contribution in [0.4, 0.5) is 0 Å². The van der Waals surface area contributed by atoms with Crippen molar-refractivity contribution in [2.75, 3.05) is 13.6 Å². The molecule has 2 N–H and O–H groups in total. The predicted molar refractivity (Wildman–Crippen MR) is 67.6 cm³/mol. The molecule has 94 valence electrons. The van der Waals surface area contributed by atoms with Gasteiger partial charge in [0.15, 0.2) is 0 Å². The second kappa shape index (κ2) is 5.37. The quantitative estimate of drug-likeness (QED) is 0.827. The molecule has 1 amide bonds. The van der Waals surface area contributed by atoms with E-state index >= 15 is 0 Å². The van der Waals surface area contributed by atoms with Crippen molar-refractivity contribution in [1.82, 2.24) is 4.90 Å². The smallest absolute Gasteiger partial charge is 0.242 e. The van der Waals surface area contributed by atoms with E-state index in [4.69, 9.17) is 5.73 Å². The molecule has 2 aliphatic rings. The molecule has 16 heavy (non-hydrogen) atoms. The maximum atomic E-state index is 12.2. The Hall–Kier alpha value is -0.280. The molecule has 0 aliphatic heterocycles. The summed E-state index contributed by atoms with van der Waals surface area (Å²) < 4.78 is 0. The Morgan fingerprint density at radius 2 is 1.88 bits per heavy atom. The summed E-state index contributed by atoms with van der Waals surface area (Å²) in [7, 11) is 1.91. The third-order valence-electron chi connectivity index (χ3n) is 3.75. The summed E-state index contributed by atoms with van der Waals surface area (Å²) in [6.07, 6.45) is 7.78. The SMILES string of the molecule is CN(CC1CC1)C(=O)C1(N)CCCCC1.Cl. The van der Waals surface area contributed by atoms with Crippen LogP contribution in [0.5, 0.6) is 0 Å². The lowest BCUT2D eigenvalue weighted by Crippen LogP contribution is -2.55. The molecule has 2 aliphatic carbocycles. The van der Waals surface area contributed by atoms with Crippen molar-refractivity contribution in [3.8, 4) is 0 Å². The molecule has 0 unspecified atom stereocenters. The van der Waals surface area contributed by atoms with Gasteiger partial charge >= 0.3 is 0 Å². The van der Waals surface area contributed by atoms with Gasteiger partial charge in [0.2, 0.25) is 5.91 Å². The summed E-state index contributed by atoms with van der Waals surface area (Å²) in [5, 5.41) is 0. The fourth-order valence-corrected chi connectivity index (χ4v) is 2.55. The second-order valence-electron chi connectivity index (χ2n) is 5.35. The van der Waals surface area contributed by atoms with Crippen molar-refractivity contribution in [1.29, 1.82) is 0 Å². The molecule has 0 bridgehead atoms. The van der Waals surface area contributed by atoms with E-state index in [-0.39, 0.29) is 18.3 Å². The lowest BCUT2D eigenvalue weighted by atomic mass is 9.81. The van der Waals surface area contributed by atoms with E-state index < -0.39 is 5.54 Å². The van der Waals surface area contributed by atoms with Crippen LogP contribution in [0.2, 0.25) is 0 Å². The molecular formula is C12H23ClN2O. The summed E-state index contributed by atoms with van der Waals surface area (Å²) in [6, 6.07) is 0. The monoisotopic (exact) mass is 246 g/mol. The van der Waals surface area contributed by atoms with Crippen molar-refractivity contribution in [2.45, 2.75) is 50.5 Å². The lowest BCUT2D eigenvalue weighted by molar-refractivity contribution is -0.137. The normalized spacial score (nSPS) is 23.4. The first kappa shape index (κ1) is 13.8. The van der Waals surface area contributed by atoms with Crippen LogP contribution in [0.25, 0.3) is 0 Å². The fraction of sp³-hybridized carbons (Fsp3) is 0.917. The van der Waals surface area contributed by atoms with Gasteiger partial charge in [-0.05, 0) is 31.6 Å². The average molecular weight is 247 g/mol. The van der Waals surface area contributed by atoms with Crippen LogP contribution < -0.4 is 5.73 Å². The third-order valence-corrected chi connectivity index (χ3v) is 3.75. The average Bonchev–Trinajstić information content (AvgIpc) is 3.01. The minimum Gasteiger partial charge on any atom is -0.344 e. The number of likely N-dealkylation sites (N-methyl/N-ethyl adjacent to an activating group) is 1. The molecule has 0 heterocycles. The zero-order valence-corrected chi connectivity index (χ0v) is 10.9. The first-order chi connectivity index (χ1) is 7.12. The zero-order chi connectivity index (χ0) is 10.9. The number of nitrogens with two attached hydrogens (primary N) is 1. The highest BCUT2D eigenvalue weighted by Gasteiger charge is 2.38. The predicted octanol–water partition coefficient (Wildman–Crippen LogP) is 1.94. The summed E-state index contributed by atoms with van der Waals surface area (Å²) in [5.74, 6) is 0.931. The number of nitrogens with zero attached hydrogens (tertiary/aromatic N) is 1. The van der Waals surface area contributed by atoms with Gasteiger partial charge in [-0.1, -0.05) is 19.3 Å². The van der Waals surface area contributed by atoms with Gasteiger partial charge in [0, 0.05) is 13.6 Å². The van der Waals surface area contributed by atoms with Gasteiger partial charge in [0.1, 0.15) is 0 Å². The lowest BCUT2D eigenvalue weighted by Gasteiger charge is -2.35. The minimum atomic E-state index is -0.540. The van der Waals surface area contributed by atoms with E-state index in [1.807, 2.05) is 11.9 Å². The van der Waals surface area contributed by atoms with Crippen LogP contribution in [0.3, 0.4) is 0 Å². The van der Waals surface area contributed by atoms with Gasteiger partial charge in [-0.3, -0.25) is 4.79 Å². The number of halogens is 1. The third kappa shape index (κ3) is 3.11. The Balaban J connectivity index is 0.00000128. The first-order valence-electron chi connectivity index (χ1n) is 6.16. The topological polar surface area (TPSA) is 46.3 Å². The second-order valence-corrected chi connectivity index (χ2v) is 5.35. The van der Waals surface area contributed by atoms with Gasteiger partial charge in [-0.15, -0.1) is 12.4 Å². The Bertz CT molecular complexity index is 247. The molecule has 2 rings (SSSR count). The van der Waals surface area contributed by atoms with Crippen LogP contribution >= 0.6 is 12.4 Å². The van der Waals surface area contributed by atoms with Crippen LogP contribution in [0, 0.1) is 5.92 Å². The molecule has 0 saturated heterocycles. The van der Waals surface area contributed by atoms with Gasteiger partial charge in [0.25, 0.3) is 0 Å². The molecule has 0 radical (unpaired) electrons. The van der Waals surface area contributed by atoms with Crippen LogP contribution in [0.1, 0.15) is 44.9 Å². The van der Waals surface area contributed by atoms with E-state index in [0.29, 0.717) is 0 Å². The number of rotatable bonds is 3. The Morgan fingerprint density at radius 3 is 2.38 bits per heavy atom. The Kier molecular flexibility index (Phi) is 4.62. The van der Waals surface area contributed by atoms with Crippen molar-refractivity contribution in [2.24, 2.45) is 11.7 Å². The fourth-order valence-electron chi connectivity index (χ4n) is 2.55. The number of carbonyl (C=O) groups is 1. The molecule has 0 aromatic rings. The first-order valence-corrected chi connectivity index (χ1v) is 6.16. The van der Waals surface area contributed by atoms with E-state index in [1.165, 1.54) is 19.3 Å². The van der Waals surface area contributed by atoms with Crippen LogP contribution in [0.15, 0.2) is 0 Å². The van der Waals surface area contributed by atoms with Crippen LogP contribution in [-0.4, -0.2) is 29.9 Å². The van der Waals surface area contributed by atoms with Crippen molar-refractivity contribution < 1.29 is 4.79 Å². The molecule has 0 atom stereocenters. The zero-order valence-electron chi connectivity index (χ0n) is 10.1. The van der Waals surface area contributed by atoms with Crippen molar-refractivity contribution in [3.63, 3.8) is 0 Å². The highest BCUT2D eigenvalue weighted by atomic mass is 35.5. The number of hydrogen-bond acceptors (Lipinski definition) is 2. The molecule has 0 spiro atoms. The number of amides is 1. The van der Waals surface area contributed by atoms with Gasteiger partial charge in [-0.25, -0.2) is 0 Å². The maximum Gasteiger partial charge on any atom is 0.242 e. The summed E-state index contributed by atoms with van der Waals surface area (Å²) in [5.41, 5.74) is 5.67. The standard InChI is InChI=1S/C12H22N2O.ClH/c1-14(9-10-5-6-10)11(15)12(13)7-3-2-4-8-12;/h10H,2-9,13H2,1H3;1H. The van der Waals surface area contributed by atoms with Crippen LogP contribution in [-0.2, 0) is 4.79 Å². The highest BCUT2D eigenvalue weighted by molar-refractivity contribution is 5.86. The molecule has 3 nitrogen and oxygen atoms in total. The molecule has 4 heteroatoms. The maximum absolute atomic E-state index is 12.2. The van der Waals surface area contributed by atoms with Gasteiger partial charge in [-0.2, -0.15) is 0 Å². The molecule has 2 saturated carbocycles. The van der Waals surface area contributed by atoms with E-state index in [2.05, 4.69) is 0 Å². The molecular weight excluding hydrogens is 224 g/mol. The molecule has 0 aromatic carbocycles. The Morgan fingerprint density at radius 1 is 1.31 bits per heavy atom. The Labute approximate surface area is 104 Å². The van der Waals surface area contributed by atoms with Gasteiger partial charge in [0.05, 0.1) is 5.54 Å². The number of carbonyl (C=O) groups excluding carboxylic acids is 1. The van der Waals surface area contributed by atoms with E-state index in [0.717, 1.165) is 38.1 Å². The van der Waals surface area contributed by atoms with E-state index in [9.17, 15) is 4.79 Å². The van der Waals surface area contributed by atoms with Crippen molar-refractivity contribution >= 4 is 18.3 Å². The van der Waals surface area contributed by atoms with E-state index in [1.54, 1.807) is 0 Å². The summed E-state index contributed by atoms with van der Waals surface area (Å²) >= 11 is 0. The number of hydrogen-bond donors (Lipinski definition) is 1. The molecule has 2 fully saturated rings. The highest BCUT2D eigenvalue weighted by Crippen LogP contribution is 2.32.